The molecule has 1 aromatic heterocycles. The number of hydrogen-bond acceptors (Lipinski definition) is 7. The highest BCUT2D eigenvalue weighted by atomic mass is 32.2. The van der Waals surface area contributed by atoms with Crippen LogP contribution in [0.25, 0.3) is 10.1 Å². The van der Waals surface area contributed by atoms with Crippen molar-refractivity contribution in [1.82, 2.24) is 14.9 Å². The van der Waals surface area contributed by atoms with Crippen LogP contribution in [0.5, 0.6) is 11.5 Å². The quantitative estimate of drug-likeness (QED) is 0.188. The average molecular weight is 636 g/mol. The summed E-state index contributed by atoms with van der Waals surface area (Å²) in [6.07, 6.45) is 0.587. The lowest BCUT2D eigenvalue weighted by Crippen LogP contribution is -2.36. The van der Waals surface area contributed by atoms with E-state index in [2.05, 4.69) is 48.0 Å². The lowest BCUT2D eigenvalue weighted by atomic mass is 9.97. The summed E-state index contributed by atoms with van der Waals surface area (Å²) in [5, 5.41) is 3.99. The second-order valence-corrected chi connectivity index (χ2v) is 14.8. The second kappa shape index (κ2) is 13.7. The number of aryl methyl sites for hydroxylation is 1. The van der Waals surface area contributed by atoms with E-state index in [9.17, 15) is 13.2 Å². The summed E-state index contributed by atoms with van der Waals surface area (Å²) in [6.45, 7) is 8.52. The molecular formula is C34H41N3O5S2. The molecule has 0 aliphatic carbocycles. The van der Waals surface area contributed by atoms with E-state index in [0.717, 1.165) is 40.1 Å². The summed E-state index contributed by atoms with van der Waals surface area (Å²) in [5.74, 6) is 1.79. The van der Waals surface area contributed by atoms with Gasteiger partial charge in [-0.15, -0.1) is 11.3 Å². The topological polar surface area (TPSA) is 97.0 Å². The summed E-state index contributed by atoms with van der Waals surface area (Å²) in [4.78, 5) is 15.8. The molecule has 8 nitrogen and oxygen atoms in total. The Morgan fingerprint density at radius 3 is 2.61 bits per heavy atom. The number of thiophene rings is 1. The molecule has 3 aromatic carbocycles. The first-order chi connectivity index (χ1) is 21.0. The van der Waals surface area contributed by atoms with Crippen LogP contribution in [0.4, 0.5) is 0 Å². The number of benzene rings is 3. The fourth-order valence-electron chi connectivity index (χ4n) is 5.83. The van der Waals surface area contributed by atoms with Gasteiger partial charge in [0.2, 0.25) is 5.91 Å². The van der Waals surface area contributed by atoms with E-state index >= 15 is 0 Å². The Kier molecular flexibility index (Phi) is 9.94. The lowest BCUT2D eigenvalue weighted by molar-refractivity contribution is -0.122. The summed E-state index contributed by atoms with van der Waals surface area (Å²) in [7, 11) is -0.250. The lowest BCUT2D eigenvalue weighted by Gasteiger charge is -2.28. The molecule has 44 heavy (non-hydrogen) atoms. The second-order valence-electron chi connectivity index (χ2n) is 11.9. The van der Waals surface area contributed by atoms with Crippen LogP contribution >= 0.6 is 11.3 Å². The Morgan fingerprint density at radius 2 is 1.89 bits per heavy atom. The van der Waals surface area contributed by atoms with Gasteiger partial charge in [-0.25, -0.2) is 13.1 Å². The monoisotopic (exact) mass is 635 g/mol. The fourth-order valence-corrected chi connectivity index (χ4v) is 8.82. The highest BCUT2D eigenvalue weighted by Crippen LogP contribution is 2.37. The van der Waals surface area contributed by atoms with Crippen LogP contribution < -0.4 is 19.5 Å². The molecule has 5 rings (SSSR count). The first-order valence-electron chi connectivity index (χ1n) is 14.9. The fraction of sp³-hybridized carbons (Fsp3) is 0.382. The third-order valence-electron chi connectivity index (χ3n) is 7.81. The first-order valence-corrected chi connectivity index (χ1v) is 17.2. The molecule has 2 unspecified atom stereocenters. The van der Waals surface area contributed by atoms with Gasteiger partial charge >= 0.3 is 0 Å². The van der Waals surface area contributed by atoms with Gasteiger partial charge in [0.15, 0.2) is 0 Å². The molecule has 1 aliphatic rings. The zero-order valence-electron chi connectivity index (χ0n) is 25.9. The van der Waals surface area contributed by atoms with Gasteiger partial charge in [-0.3, -0.25) is 4.79 Å². The molecule has 0 spiro atoms. The predicted octanol–water partition coefficient (Wildman–Crippen LogP) is 6.36. The van der Waals surface area contributed by atoms with E-state index in [1.54, 1.807) is 14.0 Å². The van der Waals surface area contributed by atoms with Crippen molar-refractivity contribution in [3.05, 3.63) is 89.0 Å². The number of hydrogen-bond donors (Lipinski definition) is 2. The minimum atomic E-state index is -3.95. The van der Waals surface area contributed by atoms with Crippen LogP contribution in [-0.4, -0.2) is 46.5 Å². The summed E-state index contributed by atoms with van der Waals surface area (Å²) in [6, 6.07) is 20.0. The largest absolute Gasteiger partial charge is 0.497 e. The van der Waals surface area contributed by atoms with Crippen molar-refractivity contribution in [3.63, 3.8) is 0 Å². The maximum atomic E-state index is 13.8. The van der Waals surface area contributed by atoms with Gasteiger partial charge in [0.25, 0.3) is 10.0 Å². The molecule has 0 saturated carbocycles. The van der Waals surface area contributed by atoms with Crippen LogP contribution in [0, 0.1) is 12.8 Å². The zero-order valence-corrected chi connectivity index (χ0v) is 27.6. The Labute approximate surface area is 264 Å². The normalized spacial score (nSPS) is 15.7. The standard InChI is InChI=1S/C34H41N3O5S2/c1-22(2)20-37(4)21-24-11-13-27-29(15-16-42-31(27)17-24)35-33(38)19-30(25-9-7-6-8-10-25)36-44(39,40)34-23(3)28-18-26(41-5)12-14-32(28)43-34/h6-14,17-18,22,29-30,36H,15-16,19-21H2,1-5H3,(H,35,38). The molecule has 2 N–H and O–H groups in total. The molecule has 234 valence electrons. The Hall–Kier alpha value is -3.44. The van der Waals surface area contributed by atoms with Gasteiger partial charge < -0.3 is 19.7 Å². The number of carbonyl (C=O) groups excluding carboxylic acids is 1. The number of fused-ring (bicyclic) bond motifs is 2. The number of ether oxygens (including phenoxy) is 2. The predicted molar refractivity (Wildman–Crippen MR) is 176 cm³/mol. The number of rotatable bonds is 12. The average Bonchev–Trinajstić information content (AvgIpc) is 3.33. The molecule has 10 heteroatoms. The third-order valence-corrected chi connectivity index (χ3v) is 11.2. The van der Waals surface area contributed by atoms with Crippen molar-refractivity contribution in [2.45, 2.75) is 56.5 Å². The van der Waals surface area contributed by atoms with E-state index < -0.39 is 16.1 Å². The molecule has 0 radical (unpaired) electrons. The molecule has 4 aromatic rings. The summed E-state index contributed by atoms with van der Waals surface area (Å²) < 4.78 is 42.8. The molecule has 2 atom stereocenters. The highest BCUT2D eigenvalue weighted by Gasteiger charge is 2.29. The van der Waals surface area contributed by atoms with E-state index in [1.807, 2.05) is 54.6 Å². The van der Waals surface area contributed by atoms with Crippen LogP contribution in [0.1, 0.15) is 61.0 Å². The van der Waals surface area contributed by atoms with Gasteiger partial charge in [-0.1, -0.05) is 56.3 Å². The number of nitrogens with one attached hydrogen (secondary N) is 2. The Morgan fingerprint density at radius 1 is 1.11 bits per heavy atom. The van der Waals surface area contributed by atoms with Crippen LogP contribution in [0.15, 0.2) is 70.9 Å². The Balaban J connectivity index is 1.33. The molecule has 0 bridgehead atoms. The number of amides is 1. The molecule has 0 saturated heterocycles. The van der Waals surface area contributed by atoms with E-state index in [1.165, 1.54) is 11.3 Å². The van der Waals surface area contributed by atoms with Gasteiger partial charge in [-0.2, -0.15) is 0 Å². The zero-order chi connectivity index (χ0) is 31.4. The Bertz CT molecular complexity index is 1720. The molecule has 2 heterocycles. The van der Waals surface area contributed by atoms with Crippen LogP contribution in [0.3, 0.4) is 0 Å². The molecule has 1 aliphatic heterocycles. The number of nitrogens with zero attached hydrogens (tertiary/aromatic N) is 1. The van der Waals surface area contributed by atoms with Gasteiger partial charge in [0.05, 0.1) is 25.8 Å². The van der Waals surface area contributed by atoms with E-state index in [4.69, 9.17) is 9.47 Å². The van der Waals surface area contributed by atoms with Crippen molar-refractivity contribution >= 4 is 37.4 Å². The smallest absolute Gasteiger partial charge is 0.250 e. The van der Waals surface area contributed by atoms with Crippen molar-refractivity contribution in [1.29, 1.82) is 0 Å². The third kappa shape index (κ3) is 7.43. The molecule has 1 amide bonds. The number of carbonyl (C=O) groups is 1. The maximum Gasteiger partial charge on any atom is 0.250 e. The van der Waals surface area contributed by atoms with Gasteiger partial charge in [0.1, 0.15) is 15.7 Å². The van der Waals surface area contributed by atoms with E-state index in [0.29, 0.717) is 35.8 Å². The van der Waals surface area contributed by atoms with E-state index in [-0.39, 0.29) is 22.6 Å². The maximum absolute atomic E-state index is 13.8. The molecular weight excluding hydrogens is 595 g/mol. The van der Waals surface area contributed by atoms with Crippen molar-refractivity contribution in [3.8, 4) is 11.5 Å². The van der Waals surface area contributed by atoms with Crippen molar-refractivity contribution in [2.75, 3.05) is 27.3 Å². The summed E-state index contributed by atoms with van der Waals surface area (Å²) >= 11 is 1.21. The highest BCUT2D eigenvalue weighted by molar-refractivity contribution is 7.91. The molecule has 0 fully saturated rings. The van der Waals surface area contributed by atoms with Crippen LogP contribution in [0.2, 0.25) is 0 Å². The minimum absolute atomic E-state index is 0.0498. The first kappa shape index (κ1) is 32.0. The van der Waals surface area contributed by atoms with Crippen molar-refractivity contribution in [2.24, 2.45) is 5.92 Å². The van der Waals surface area contributed by atoms with Gasteiger partial charge in [-0.05, 0) is 60.8 Å². The number of methoxy groups -OCH3 is 1. The SMILES string of the molecule is COc1ccc2sc(S(=O)(=O)NC(CC(=O)NC3CCOc4cc(CN(C)CC(C)C)ccc43)c3ccccc3)c(C)c2c1. The van der Waals surface area contributed by atoms with Gasteiger partial charge in [0, 0.05) is 41.6 Å². The number of sulfonamides is 1. The summed E-state index contributed by atoms with van der Waals surface area (Å²) in [5.41, 5.74) is 3.47. The van der Waals surface area contributed by atoms with Crippen molar-refractivity contribution < 1.29 is 22.7 Å². The van der Waals surface area contributed by atoms with Crippen LogP contribution in [-0.2, 0) is 21.4 Å². The minimum Gasteiger partial charge on any atom is -0.497 e.